The fourth-order valence-corrected chi connectivity index (χ4v) is 5.42. The Bertz CT molecular complexity index is 888. The van der Waals surface area contributed by atoms with Crippen molar-refractivity contribution in [1.29, 1.82) is 0 Å². The summed E-state index contributed by atoms with van der Waals surface area (Å²) < 4.78 is 16.6. The van der Waals surface area contributed by atoms with Crippen molar-refractivity contribution in [3.63, 3.8) is 0 Å². The van der Waals surface area contributed by atoms with Crippen molar-refractivity contribution in [2.45, 2.75) is 44.4 Å². The van der Waals surface area contributed by atoms with Crippen molar-refractivity contribution in [3.05, 3.63) is 46.5 Å². The molecule has 0 aliphatic heterocycles. The Morgan fingerprint density at radius 1 is 1.04 bits per heavy atom. The summed E-state index contributed by atoms with van der Waals surface area (Å²) in [5.74, 6) is 3.24. The second kappa shape index (κ2) is 6.36. The molecule has 4 nitrogen and oxygen atoms in total. The van der Waals surface area contributed by atoms with E-state index in [1.54, 1.807) is 21.3 Å². The van der Waals surface area contributed by atoms with Gasteiger partial charge in [0.2, 0.25) is 0 Å². The van der Waals surface area contributed by atoms with Crippen LogP contribution in [0.5, 0.6) is 23.0 Å². The lowest BCUT2D eigenvalue weighted by atomic mass is 9.52. The Morgan fingerprint density at radius 3 is 2.44 bits per heavy atom. The van der Waals surface area contributed by atoms with Crippen LogP contribution in [0.25, 0.3) is 0 Å². The van der Waals surface area contributed by atoms with Gasteiger partial charge in [-0.15, -0.1) is 0 Å². The van der Waals surface area contributed by atoms with E-state index in [0.29, 0.717) is 17.6 Å². The van der Waals surface area contributed by atoms with E-state index in [-0.39, 0.29) is 11.2 Å². The van der Waals surface area contributed by atoms with E-state index in [0.717, 1.165) is 30.8 Å². The molecule has 0 unspecified atom stereocenters. The molecule has 1 N–H and O–H groups in total. The summed E-state index contributed by atoms with van der Waals surface area (Å²) in [5, 5.41) is 10.4. The van der Waals surface area contributed by atoms with Crippen LogP contribution < -0.4 is 14.2 Å². The maximum Gasteiger partial charge on any atom is 0.164 e. The highest BCUT2D eigenvalue weighted by molar-refractivity contribution is 5.58. The van der Waals surface area contributed by atoms with Crippen LogP contribution in [0.3, 0.4) is 0 Å². The first-order valence-electron chi connectivity index (χ1n) is 9.59. The van der Waals surface area contributed by atoms with E-state index in [1.807, 2.05) is 18.2 Å². The zero-order valence-corrected chi connectivity index (χ0v) is 16.8. The molecule has 2 aromatic carbocycles. The lowest BCUT2D eigenvalue weighted by Gasteiger charge is -2.51. The number of benzene rings is 2. The molecular weight excluding hydrogens is 340 g/mol. The molecule has 0 bridgehead atoms. The van der Waals surface area contributed by atoms with Gasteiger partial charge in [0.25, 0.3) is 0 Å². The van der Waals surface area contributed by atoms with Gasteiger partial charge in [0.05, 0.1) is 21.3 Å². The number of phenolic OH excluding ortho intramolecular Hbond substituents is 1. The Labute approximate surface area is 161 Å². The predicted octanol–water partition coefficient (Wildman–Crippen LogP) is 4.60. The van der Waals surface area contributed by atoms with Crippen LogP contribution in [-0.4, -0.2) is 26.4 Å². The van der Waals surface area contributed by atoms with E-state index >= 15 is 0 Å². The third-order valence-electron chi connectivity index (χ3n) is 7.10. The summed E-state index contributed by atoms with van der Waals surface area (Å²) in [4.78, 5) is 0. The smallest absolute Gasteiger partial charge is 0.164 e. The van der Waals surface area contributed by atoms with Gasteiger partial charge in [-0.25, -0.2) is 0 Å². The van der Waals surface area contributed by atoms with Crippen molar-refractivity contribution in [2.24, 2.45) is 5.92 Å². The largest absolute Gasteiger partial charge is 0.504 e. The fraction of sp³-hybridized carbons (Fsp3) is 0.478. The third-order valence-corrected chi connectivity index (χ3v) is 7.10. The number of fused-ring (bicyclic) bond motifs is 4. The molecular formula is C23H28O4. The lowest BCUT2D eigenvalue weighted by Crippen LogP contribution is -2.45. The quantitative estimate of drug-likeness (QED) is 0.860. The average Bonchev–Trinajstić information content (AvgIpc) is 2.68. The van der Waals surface area contributed by atoms with Crippen LogP contribution in [0, 0.1) is 5.92 Å². The van der Waals surface area contributed by atoms with Gasteiger partial charge in [0.1, 0.15) is 0 Å². The van der Waals surface area contributed by atoms with E-state index in [1.165, 1.54) is 22.3 Å². The number of aryl methyl sites for hydroxylation is 1. The van der Waals surface area contributed by atoms with Crippen LogP contribution in [-0.2, 0) is 18.3 Å². The predicted molar refractivity (Wildman–Crippen MR) is 105 cm³/mol. The summed E-state index contributed by atoms with van der Waals surface area (Å²) in [6, 6.07) is 8.14. The van der Waals surface area contributed by atoms with Gasteiger partial charge in [-0.05, 0) is 66.0 Å². The van der Waals surface area contributed by atoms with Crippen LogP contribution in [0.15, 0.2) is 24.3 Å². The molecule has 0 heterocycles. The summed E-state index contributed by atoms with van der Waals surface area (Å²) in [5.41, 5.74) is 5.09. The second-order valence-corrected chi connectivity index (χ2v) is 7.99. The summed E-state index contributed by atoms with van der Waals surface area (Å²) in [6.45, 7) is 4.65. The summed E-state index contributed by atoms with van der Waals surface area (Å²) >= 11 is 0. The van der Waals surface area contributed by atoms with Gasteiger partial charge in [0, 0.05) is 11.0 Å². The monoisotopic (exact) mass is 368 g/mol. The molecule has 2 aliphatic rings. The minimum Gasteiger partial charge on any atom is -0.504 e. The van der Waals surface area contributed by atoms with E-state index in [2.05, 4.69) is 19.9 Å². The molecule has 0 amide bonds. The van der Waals surface area contributed by atoms with Crippen molar-refractivity contribution in [2.75, 3.05) is 21.3 Å². The van der Waals surface area contributed by atoms with E-state index < -0.39 is 0 Å². The first-order valence-corrected chi connectivity index (χ1v) is 9.59. The zero-order valence-electron chi connectivity index (χ0n) is 16.8. The minimum atomic E-state index is -0.0378. The molecule has 4 heteroatoms. The molecule has 2 aliphatic carbocycles. The number of rotatable bonds is 3. The van der Waals surface area contributed by atoms with Crippen molar-refractivity contribution in [1.82, 2.24) is 0 Å². The average molecular weight is 368 g/mol. The standard InChI is InChI=1S/C23H28O4/c1-13-16-8-9-20(25-3)22(27-5)17(16)11-15-7-6-14-10-21(26-4)19(24)12-18(14)23(13,15)2/h8-10,12-13,15,24H,6-7,11H2,1-5H3/t13-,15+,23-/m0/s1. The molecule has 27 heavy (non-hydrogen) atoms. The SMILES string of the molecule is COc1cc2c(cc1O)[C@]1(C)[C@H](CC2)Cc2c(ccc(OC)c2OC)[C@@H]1C. The molecule has 0 saturated heterocycles. The van der Waals surface area contributed by atoms with Crippen molar-refractivity contribution < 1.29 is 19.3 Å². The van der Waals surface area contributed by atoms with Gasteiger partial charge in [-0.3, -0.25) is 0 Å². The van der Waals surface area contributed by atoms with Gasteiger partial charge in [-0.1, -0.05) is 19.9 Å². The molecule has 2 aromatic rings. The van der Waals surface area contributed by atoms with Crippen molar-refractivity contribution >= 4 is 0 Å². The van der Waals surface area contributed by atoms with Gasteiger partial charge < -0.3 is 19.3 Å². The van der Waals surface area contributed by atoms with Crippen LogP contribution in [0.4, 0.5) is 0 Å². The van der Waals surface area contributed by atoms with E-state index in [9.17, 15) is 5.11 Å². The lowest BCUT2D eigenvalue weighted by molar-refractivity contribution is 0.195. The summed E-state index contributed by atoms with van der Waals surface area (Å²) in [6.07, 6.45) is 3.07. The molecule has 3 atom stereocenters. The van der Waals surface area contributed by atoms with Crippen LogP contribution >= 0.6 is 0 Å². The first kappa shape index (κ1) is 18.0. The Balaban J connectivity index is 1.89. The molecule has 0 fully saturated rings. The number of methoxy groups -OCH3 is 3. The zero-order chi connectivity index (χ0) is 19.3. The van der Waals surface area contributed by atoms with E-state index in [4.69, 9.17) is 14.2 Å². The van der Waals surface area contributed by atoms with Crippen LogP contribution in [0.1, 0.15) is 48.4 Å². The molecule has 0 spiro atoms. The molecule has 144 valence electrons. The number of phenols is 1. The normalized spacial score (nSPS) is 25.8. The highest BCUT2D eigenvalue weighted by Crippen LogP contribution is 2.58. The topological polar surface area (TPSA) is 47.9 Å². The highest BCUT2D eigenvalue weighted by Gasteiger charge is 2.49. The maximum atomic E-state index is 10.4. The van der Waals surface area contributed by atoms with Crippen molar-refractivity contribution in [3.8, 4) is 23.0 Å². The Hall–Kier alpha value is -2.36. The second-order valence-electron chi connectivity index (χ2n) is 7.99. The molecule has 0 aromatic heterocycles. The Morgan fingerprint density at radius 2 is 1.78 bits per heavy atom. The fourth-order valence-electron chi connectivity index (χ4n) is 5.42. The Kier molecular flexibility index (Phi) is 4.25. The van der Waals surface area contributed by atoms with Gasteiger partial charge in [-0.2, -0.15) is 0 Å². The maximum absolute atomic E-state index is 10.4. The number of hydrogen-bond donors (Lipinski definition) is 1. The van der Waals surface area contributed by atoms with Gasteiger partial charge in [0.15, 0.2) is 23.0 Å². The summed E-state index contributed by atoms with van der Waals surface area (Å²) in [7, 11) is 5.01. The number of aromatic hydroxyl groups is 1. The molecule has 0 radical (unpaired) electrons. The first-order chi connectivity index (χ1) is 12.9. The van der Waals surface area contributed by atoms with Gasteiger partial charge >= 0.3 is 0 Å². The number of ether oxygens (including phenoxy) is 3. The molecule has 0 saturated carbocycles. The molecule has 4 rings (SSSR count). The van der Waals surface area contributed by atoms with Crippen LogP contribution in [0.2, 0.25) is 0 Å². The highest BCUT2D eigenvalue weighted by atomic mass is 16.5. The third kappa shape index (κ3) is 2.42. The minimum absolute atomic E-state index is 0.0378. The number of hydrogen-bond acceptors (Lipinski definition) is 4.